The van der Waals surface area contributed by atoms with Crippen LogP contribution in [0.15, 0.2) is 24.3 Å². The normalized spacial score (nSPS) is 17.4. The predicted octanol–water partition coefficient (Wildman–Crippen LogP) is 2.08. The summed E-state index contributed by atoms with van der Waals surface area (Å²) in [6.45, 7) is 5.46. The molecule has 2 N–H and O–H groups in total. The Hall–Kier alpha value is -0.860. The Labute approximate surface area is 98.4 Å². The summed E-state index contributed by atoms with van der Waals surface area (Å²) in [6.07, 6.45) is 2.74. The molecule has 0 heterocycles. The van der Waals surface area contributed by atoms with Crippen LogP contribution >= 0.6 is 0 Å². The first kappa shape index (κ1) is 11.6. The smallest absolute Gasteiger partial charge is 0.0208 e. The summed E-state index contributed by atoms with van der Waals surface area (Å²) in [5.41, 5.74) is 3.36. The van der Waals surface area contributed by atoms with Gasteiger partial charge in [-0.3, -0.25) is 0 Å². The second-order valence-electron chi connectivity index (χ2n) is 5.06. The van der Waals surface area contributed by atoms with Gasteiger partial charge in [-0.2, -0.15) is 0 Å². The van der Waals surface area contributed by atoms with Gasteiger partial charge in [0.2, 0.25) is 0 Å². The third-order valence-electron chi connectivity index (χ3n) is 3.59. The van der Waals surface area contributed by atoms with Gasteiger partial charge < -0.3 is 10.6 Å². The predicted molar refractivity (Wildman–Crippen MR) is 68.5 cm³/mol. The summed E-state index contributed by atoms with van der Waals surface area (Å²) in [6, 6.07) is 8.60. The van der Waals surface area contributed by atoms with Gasteiger partial charge in [-0.15, -0.1) is 0 Å². The van der Waals surface area contributed by atoms with E-state index in [0.29, 0.717) is 5.41 Å². The van der Waals surface area contributed by atoms with E-state index >= 15 is 0 Å². The fraction of sp³-hybridized carbons (Fsp3) is 0.571. The highest BCUT2D eigenvalue weighted by molar-refractivity contribution is 5.25. The summed E-state index contributed by atoms with van der Waals surface area (Å²) < 4.78 is 0. The second-order valence-corrected chi connectivity index (χ2v) is 5.06. The number of rotatable bonds is 6. The van der Waals surface area contributed by atoms with Gasteiger partial charge in [-0.25, -0.2) is 0 Å². The number of hydrogen-bond acceptors (Lipinski definition) is 2. The Morgan fingerprint density at radius 1 is 1.19 bits per heavy atom. The van der Waals surface area contributed by atoms with Crippen LogP contribution in [-0.4, -0.2) is 20.1 Å². The zero-order valence-corrected chi connectivity index (χ0v) is 10.3. The highest BCUT2D eigenvalue weighted by atomic mass is 14.9. The Morgan fingerprint density at radius 3 is 2.56 bits per heavy atom. The molecule has 0 saturated heterocycles. The lowest BCUT2D eigenvalue weighted by Gasteiger charge is -2.16. The molecule has 1 saturated carbocycles. The highest BCUT2D eigenvalue weighted by Gasteiger charge is 2.41. The Morgan fingerprint density at radius 2 is 1.94 bits per heavy atom. The number of hydrogen-bond donors (Lipinski definition) is 2. The molecule has 0 spiro atoms. The Balaban J connectivity index is 1.78. The molecule has 2 nitrogen and oxygen atoms in total. The van der Waals surface area contributed by atoms with Crippen molar-refractivity contribution in [3.63, 3.8) is 0 Å². The Bertz CT molecular complexity index is 342. The maximum atomic E-state index is 3.59. The quantitative estimate of drug-likeness (QED) is 0.764. The Kier molecular flexibility index (Phi) is 3.62. The van der Waals surface area contributed by atoms with E-state index in [1.165, 1.54) is 24.0 Å². The fourth-order valence-electron chi connectivity index (χ4n) is 2.24. The summed E-state index contributed by atoms with van der Waals surface area (Å²) in [5.74, 6) is 0. The molecule has 0 amide bonds. The maximum absolute atomic E-state index is 3.59. The first-order valence-corrected chi connectivity index (χ1v) is 6.16. The molecule has 88 valence electrons. The SMILES string of the molecule is CNCC1(CNCc2ccccc2C)CC1. The second kappa shape index (κ2) is 4.98. The molecule has 2 rings (SSSR count). The van der Waals surface area contributed by atoms with Crippen molar-refractivity contribution < 1.29 is 0 Å². The van der Waals surface area contributed by atoms with Gasteiger partial charge >= 0.3 is 0 Å². The molecule has 1 aromatic rings. The molecular formula is C14H22N2. The van der Waals surface area contributed by atoms with Gasteiger partial charge in [0.1, 0.15) is 0 Å². The molecule has 0 radical (unpaired) electrons. The van der Waals surface area contributed by atoms with Gasteiger partial charge in [-0.05, 0) is 43.4 Å². The van der Waals surface area contributed by atoms with E-state index in [0.717, 1.165) is 19.6 Å². The van der Waals surface area contributed by atoms with Crippen molar-refractivity contribution in [3.8, 4) is 0 Å². The molecule has 1 fully saturated rings. The fourth-order valence-corrected chi connectivity index (χ4v) is 2.24. The minimum atomic E-state index is 0.553. The van der Waals surface area contributed by atoms with Crippen LogP contribution in [-0.2, 0) is 6.54 Å². The average molecular weight is 218 g/mol. The van der Waals surface area contributed by atoms with E-state index in [9.17, 15) is 0 Å². The van der Waals surface area contributed by atoms with Crippen molar-refractivity contribution in [2.45, 2.75) is 26.3 Å². The molecule has 1 aliphatic carbocycles. The van der Waals surface area contributed by atoms with E-state index in [-0.39, 0.29) is 0 Å². The minimum Gasteiger partial charge on any atom is -0.319 e. The van der Waals surface area contributed by atoms with Crippen molar-refractivity contribution in [1.29, 1.82) is 0 Å². The lowest BCUT2D eigenvalue weighted by atomic mass is 10.1. The number of nitrogens with one attached hydrogen (secondary N) is 2. The molecule has 1 aliphatic rings. The van der Waals surface area contributed by atoms with Gasteiger partial charge in [0.25, 0.3) is 0 Å². The molecule has 2 heteroatoms. The van der Waals surface area contributed by atoms with Crippen LogP contribution in [0.1, 0.15) is 24.0 Å². The molecule has 0 atom stereocenters. The van der Waals surface area contributed by atoms with E-state index in [1.54, 1.807) is 0 Å². The van der Waals surface area contributed by atoms with Crippen LogP contribution < -0.4 is 10.6 Å². The third-order valence-corrected chi connectivity index (χ3v) is 3.59. The zero-order chi connectivity index (χ0) is 11.4. The molecule has 0 aliphatic heterocycles. The van der Waals surface area contributed by atoms with Crippen LogP contribution in [0.3, 0.4) is 0 Å². The van der Waals surface area contributed by atoms with Crippen LogP contribution in [0.5, 0.6) is 0 Å². The van der Waals surface area contributed by atoms with E-state index in [4.69, 9.17) is 0 Å². The van der Waals surface area contributed by atoms with Gasteiger partial charge in [0, 0.05) is 19.6 Å². The van der Waals surface area contributed by atoms with Gasteiger partial charge in [0.05, 0.1) is 0 Å². The first-order chi connectivity index (χ1) is 7.76. The van der Waals surface area contributed by atoms with E-state index in [2.05, 4.69) is 41.8 Å². The number of aryl methyl sites for hydroxylation is 1. The monoisotopic (exact) mass is 218 g/mol. The van der Waals surface area contributed by atoms with E-state index < -0.39 is 0 Å². The van der Waals surface area contributed by atoms with Crippen molar-refractivity contribution >= 4 is 0 Å². The molecule has 16 heavy (non-hydrogen) atoms. The summed E-state index contributed by atoms with van der Waals surface area (Å²) in [4.78, 5) is 0. The topological polar surface area (TPSA) is 24.1 Å². The van der Waals surface area contributed by atoms with Crippen LogP contribution in [0.25, 0.3) is 0 Å². The summed E-state index contributed by atoms with van der Waals surface area (Å²) in [5, 5.41) is 6.88. The molecule has 1 aromatic carbocycles. The largest absolute Gasteiger partial charge is 0.319 e. The van der Waals surface area contributed by atoms with Gasteiger partial charge in [-0.1, -0.05) is 24.3 Å². The molecule has 0 aromatic heterocycles. The first-order valence-electron chi connectivity index (χ1n) is 6.16. The van der Waals surface area contributed by atoms with Crippen molar-refractivity contribution in [1.82, 2.24) is 10.6 Å². The highest BCUT2D eigenvalue weighted by Crippen LogP contribution is 2.44. The third kappa shape index (κ3) is 2.83. The van der Waals surface area contributed by atoms with Crippen molar-refractivity contribution in [3.05, 3.63) is 35.4 Å². The molecular weight excluding hydrogens is 196 g/mol. The van der Waals surface area contributed by atoms with Crippen molar-refractivity contribution in [2.24, 2.45) is 5.41 Å². The van der Waals surface area contributed by atoms with Crippen LogP contribution in [0.4, 0.5) is 0 Å². The molecule has 0 unspecified atom stereocenters. The van der Waals surface area contributed by atoms with E-state index in [1.807, 2.05) is 7.05 Å². The lowest BCUT2D eigenvalue weighted by molar-refractivity contribution is 0.438. The summed E-state index contributed by atoms with van der Waals surface area (Å²) >= 11 is 0. The number of benzene rings is 1. The lowest BCUT2D eigenvalue weighted by Crippen LogP contribution is -2.31. The van der Waals surface area contributed by atoms with Crippen molar-refractivity contribution in [2.75, 3.05) is 20.1 Å². The average Bonchev–Trinajstić information content (AvgIpc) is 3.02. The maximum Gasteiger partial charge on any atom is 0.0208 e. The zero-order valence-electron chi connectivity index (χ0n) is 10.3. The standard InChI is InChI=1S/C14H22N2/c1-12-5-3-4-6-13(12)9-16-11-14(7-8-14)10-15-2/h3-6,15-16H,7-11H2,1-2H3. The van der Waals surface area contributed by atoms with Crippen LogP contribution in [0.2, 0.25) is 0 Å². The van der Waals surface area contributed by atoms with Gasteiger partial charge in [0.15, 0.2) is 0 Å². The molecule has 0 bridgehead atoms. The summed E-state index contributed by atoms with van der Waals surface area (Å²) in [7, 11) is 2.04. The minimum absolute atomic E-state index is 0.553. The van der Waals surface area contributed by atoms with Crippen LogP contribution in [0, 0.1) is 12.3 Å².